The predicted octanol–water partition coefficient (Wildman–Crippen LogP) is 4.13. The second-order valence-corrected chi connectivity index (χ2v) is 15.2. The summed E-state index contributed by atoms with van der Waals surface area (Å²) in [7, 11) is 0. The molecule has 5 heterocycles. The van der Waals surface area contributed by atoms with Crippen LogP contribution in [0, 0.1) is 13.8 Å². The Morgan fingerprint density at radius 2 is 1.63 bits per heavy atom. The first-order valence-corrected chi connectivity index (χ1v) is 19.9. The summed E-state index contributed by atoms with van der Waals surface area (Å²) in [4.78, 5) is 78.8. The number of phenolic OH excluding ortho intramolecular Hbond substituents is 1. The van der Waals surface area contributed by atoms with Gasteiger partial charge in [-0.25, -0.2) is 19.4 Å². The normalized spacial score (nSPS) is 18.2. The van der Waals surface area contributed by atoms with Crippen molar-refractivity contribution in [2.24, 2.45) is 0 Å². The number of carbonyl (C=O) groups excluding carboxylic acids is 5. The Balaban J connectivity index is 0.943. The van der Waals surface area contributed by atoms with Gasteiger partial charge < -0.3 is 44.4 Å². The van der Waals surface area contributed by atoms with Crippen LogP contribution in [-0.2, 0) is 31.9 Å². The van der Waals surface area contributed by atoms with Crippen LogP contribution in [0.2, 0.25) is 0 Å². The molecule has 4 aliphatic rings. The number of anilines is 2. The molecule has 3 aromatic rings. The number of benzene rings is 2. The SMILES string of the molecule is Cc1cc(C[C@@H](OC(=O)N2CCC(N3CCc4ccccc4NC3=O)CC2)C(=O)N2CCN(c3ccc(C(=O)OCCN4CCCC4=O)cn3)CC2)cc(C)c1O. The lowest BCUT2D eigenvalue weighted by molar-refractivity contribution is -0.141. The van der Waals surface area contributed by atoms with Crippen molar-refractivity contribution in [3.05, 3.63) is 82.5 Å². The topological polar surface area (TPSA) is 165 Å². The molecule has 3 fully saturated rings. The van der Waals surface area contributed by atoms with E-state index in [-0.39, 0.29) is 42.7 Å². The number of aryl methyl sites for hydroxylation is 2. The fourth-order valence-electron chi connectivity index (χ4n) is 8.18. The first kappa shape index (κ1) is 39.4. The first-order chi connectivity index (χ1) is 27.5. The number of urea groups is 1. The summed E-state index contributed by atoms with van der Waals surface area (Å²) in [5, 5.41) is 13.4. The van der Waals surface area contributed by atoms with Crippen LogP contribution in [-0.4, -0.2) is 137 Å². The van der Waals surface area contributed by atoms with E-state index in [2.05, 4.69) is 10.3 Å². The molecule has 0 aliphatic carbocycles. The number of para-hydroxylation sites is 1. The summed E-state index contributed by atoms with van der Waals surface area (Å²) in [6.07, 6.45) is 3.24. The summed E-state index contributed by atoms with van der Waals surface area (Å²) < 4.78 is 11.4. The number of hydrogen-bond acceptors (Lipinski definition) is 10. The molecule has 57 heavy (non-hydrogen) atoms. The van der Waals surface area contributed by atoms with E-state index < -0.39 is 18.2 Å². The van der Waals surface area contributed by atoms with Gasteiger partial charge in [0.1, 0.15) is 18.2 Å². The van der Waals surface area contributed by atoms with E-state index in [1.165, 1.54) is 6.20 Å². The van der Waals surface area contributed by atoms with E-state index in [1.807, 2.05) is 46.2 Å². The second kappa shape index (κ2) is 17.5. The maximum atomic E-state index is 14.2. The fraction of sp³-hybridized carbons (Fsp3) is 0.476. The molecule has 3 saturated heterocycles. The Morgan fingerprint density at radius 1 is 0.895 bits per heavy atom. The van der Waals surface area contributed by atoms with Crippen molar-refractivity contribution in [1.82, 2.24) is 24.6 Å². The van der Waals surface area contributed by atoms with Crippen LogP contribution in [0.4, 0.5) is 21.1 Å². The maximum Gasteiger partial charge on any atom is 0.410 e. The van der Waals surface area contributed by atoms with E-state index >= 15 is 0 Å². The molecule has 15 nitrogen and oxygen atoms in total. The number of nitrogens with zero attached hydrogens (tertiary/aromatic N) is 6. The lowest BCUT2D eigenvalue weighted by atomic mass is 10.0. The number of pyridine rings is 1. The number of piperidine rings is 1. The van der Waals surface area contributed by atoms with Crippen molar-refractivity contribution in [2.75, 3.05) is 75.7 Å². The Morgan fingerprint density at radius 3 is 2.32 bits per heavy atom. The largest absolute Gasteiger partial charge is 0.507 e. The van der Waals surface area contributed by atoms with Gasteiger partial charge >= 0.3 is 18.1 Å². The van der Waals surface area contributed by atoms with Gasteiger partial charge in [-0.2, -0.15) is 0 Å². The molecule has 0 bridgehead atoms. The molecule has 0 spiro atoms. The van der Waals surface area contributed by atoms with Crippen LogP contribution in [0.15, 0.2) is 54.7 Å². The number of rotatable bonds is 10. The molecule has 0 saturated carbocycles. The highest BCUT2D eigenvalue weighted by molar-refractivity contribution is 5.91. The van der Waals surface area contributed by atoms with Gasteiger partial charge in [0, 0.05) is 83.1 Å². The quantitative estimate of drug-likeness (QED) is 0.286. The molecule has 7 rings (SSSR count). The lowest BCUT2D eigenvalue weighted by Gasteiger charge is -2.39. The number of hydrogen-bond donors (Lipinski definition) is 2. The Kier molecular flexibility index (Phi) is 12.1. The van der Waals surface area contributed by atoms with E-state index in [1.54, 1.807) is 40.7 Å². The number of esters is 1. The summed E-state index contributed by atoms with van der Waals surface area (Å²) in [6.45, 7) is 7.84. The smallest absolute Gasteiger partial charge is 0.410 e. The van der Waals surface area contributed by atoms with Crippen LogP contribution in [0.3, 0.4) is 0 Å². The third kappa shape index (κ3) is 9.24. The molecule has 15 heteroatoms. The monoisotopic (exact) mass is 781 g/mol. The minimum atomic E-state index is -1.09. The van der Waals surface area contributed by atoms with Gasteiger partial charge in [-0.15, -0.1) is 0 Å². The van der Waals surface area contributed by atoms with Gasteiger partial charge in [-0.3, -0.25) is 9.59 Å². The Bertz CT molecular complexity index is 1950. The van der Waals surface area contributed by atoms with Gasteiger partial charge in [0.05, 0.1) is 12.1 Å². The molecular weight excluding hydrogens is 731 g/mol. The van der Waals surface area contributed by atoms with E-state index in [4.69, 9.17) is 9.47 Å². The molecule has 0 radical (unpaired) electrons. The number of fused-ring (bicyclic) bond motifs is 1. The summed E-state index contributed by atoms with van der Waals surface area (Å²) >= 11 is 0. The maximum absolute atomic E-state index is 14.2. The number of aromatic hydroxyl groups is 1. The molecule has 302 valence electrons. The van der Waals surface area contributed by atoms with Crippen LogP contribution in [0.25, 0.3) is 0 Å². The lowest BCUT2D eigenvalue weighted by Crippen LogP contribution is -2.54. The minimum Gasteiger partial charge on any atom is -0.507 e. The molecule has 4 aliphatic heterocycles. The summed E-state index contributed by atoms with van der Waals surface area (Å²) in [6, 6.07) is 14.7. The van der Waals surface area contributed by atoms with Crippen LogP contribution >= 0.6 is 0 Å². The van der Waals surface area contributed by atoms with Crippen molar-refractivity contribution in [2.45, 2.75) is 64.5 Å². The molecule has 0 unspecified atom stereocenters. The van der Waals surface area contributed by atoms with E-state index in [0.717, 1.165) is 29.7 Å². The number of carbonyl (C=O) groups is 5. The average Bonchev–Trinajstić information content (AvgIpc) is 3.55. The predicted molar refractivity (Wildman–Crippen MR) is 211 cm³/mol. The molecule has 5 amide bonds. The number of ether oxygens (including phenoxy) is 2. The number of nitrogens with one attached hydrogen (secondary N) is 1. The highest BCUT2D eigenvalue weighted by Gasteiger charge is 2.36. The molecule has 1 atom stereocenters. The van der Waals surface area contributed by atoms with Crippen molar-refractivity contribution in [3.8, 4) is 5.75 Å². The number of phenols is 1. The van der Waals surface area contributed by atoms with Gasteiger partial charge in [0.25, 0.3) is 5.91 Å². The van der Waals surface area contributed by atoms with Crippen molar-refractivity contribution in [1.29, 1.82) is 0 Å². The van der Waals surface area contributed by atoms with E-state index in [0.29, 0.717) is 101 Å². The summed E-state index contributed by atoms with van der Waals surface area (Å²) in [5.74, 6) is 0.122. The molecule has 2 N–H and O–H groups in total. The minimum absolute atomic E-state index is 0.0303. The molecular formula is C42H51N7O8. The van der Waals surface area contributed by atoms with Gasteiger partial charge in [-0.05, 0) is 80.0 Å². The first-order valence-electron chi connectivity index (χ1n) is 19.9. The van der Waals surface area contributed by atoms with Gasteiger partial charge in [-0.1, -0.05) is 30.3 Å². The highest BCUT2D eigenvalue weighted by Crippen LogP contribution is 2.27. The zero-order valence-corrected chi connectivity index (χ0v) is 32.7. The average molecular weight is 782 g/mol. The molecule has 1 aromatic heterocycles. The van der Waals surface area contributed by atoms with E-state index in [9.17, 15) is 29.1 Å². The standard InChI is InChI=1S/C42H51N7O8/c1-28-24-30(25-29(2)38(28)51)26-35(57-42(55)48-15-12-33(13-16-48)49-17-11-31-6-3-4-7-34(31)44-41(49)54)39(52)47-20-18-45(19-21-47)36-10-9-32(27-43-36)40(53)56-23-22-46-14-5-8-37(46)50/h3-4,6-7,9-10,24-25,27,33,35,51H,5,8,11-23,26H2,1-2H3,(H,44,54)/t35-/m1/s1. The third-order valence-electron chi connectivity index (χ3n) is 11.5. The number of aromatic nitrogens is 1. The third-order valence-corrected chi connectivity index (χ3v) is 11.5. The number of likely N-dealkylation sites (tertiary alicyclic amines) is 2. The molecule has 2 aromatic carbocycles. The van der Waals surface area contributed by atoms with Gasteiger partial charge in [0.2, 0.25) is 5.91 Å². The summed E-state index contributed by atoms with van der Waals surface area (Å²) in [5.41, 5.74) is 4.35. The number of amides is 5. The second-order valence-electron chi connectivity index (χ2n) is 15.2. The Labute approximate surface area is 332 Å². The highest BCUT2D eigenvalue weighted by atomic mass is 16.6. The van der Waals surface area contributed by atoms with Crippen molar-refractivity contribution in [3.63, 3.8) is 0 Å². The van der Waals surface area contributed by atoms with Crippen LogP contribution in [0.1, 0.15) is 58.3 Å². The zero-order chi connectivity index (χ0) is 40.1. The van der Waals surface area contributed by atoms with Gasteiger partial charge in [0.15, 0.2) is 6.10 Å². The van der Waals surface area contributed by atoms with Crippen molar-refractivity contribution >= 4 is 41.4 Å². The number of piperazine rings is 1. The van der Waals surface area contributed by atoms with Crippen molar-refractivity contribution < 1.29 is 38.6 Å². The zero-order valence-electron chi connectivity index (χ0n) is 32.7. The van der Waals surface area contributed by atoms with Crippen LogP contribution < -0.4 is 10.2 Å². The fourth-order valence-corrected chi connectivity index (χ4v) is 8.18. The Hall–Kier alpha value is -5.86. The van der Waals surface area contributed by atoms with Crippen LogP contribution in [0.5, 0.6) is 5.75 Å².